The highest BCUT2D eigenvalue weighted by Crippen LogP contribution is 2.43. The Morgan fingerprint density at radius 2 is 2.18 bits per heavy atom. The summed E-state index contributed by atoms with van der Waals surface area (Å²) in [5, 5.41) is 0. The minimum Gasteiger partial charge on any atom is -0.370 e. The Balaban J connectivity index is 2.60. The molecule has 0 radical (unpaired) electrons. The van der Waals surface area contributed by atoms with Crippen LogP contribution in [0.2, 0.25) is 0 Å². The fourth-order valence-electron chi connectivity index (χ4n) is 2.36. The molecule has 2 amide bonds. The maximum Gasteiger partial charge on any atom is 0.237 e. The van der Waals surface area contributed by atoms with Crippen molar-refractivity contribution in [1.29, 1.82) is 0 Å². The molecule has 0 spiro atoms. The lowest BCUT2D eigenvalue weighted by molar-refractivity contribution is -0.127. The van der Waals surface area contributed by atoms with Crippen molar-refractivity contribution in [1.82, 2.24) is 0 Å². The van der Waals surface area contributed by atoms with Gasteiger partial charge < -0.3 is 10.6 Å². The summed E-state index contributed by atoms with van der Waals surface area (Å²) < 4.78 is 13.3. The minimum atomic E-state index is -1.06. The van der Waals surface area contributed by atoms with Crippen molar-refractivity contribution in [3.63, 3.8) is 0 Å². The first kappa shape index (κ1) is 11.6. The number of likely N-dealkylation sites (N-methyl/N-ethyl adjacent to an activating group) is 1. The number of primary amides is 1. The van der Waals surface area contributed by atoms with Gasteiger partial charge in [-0.2, -0.15) is 0 Å². The van der Waals surface area contributed by atoms with Gasteiger partial charge in [-0.25, -0.2) is 4.39 Å². The molecule has 4 nitrogen and oxygen atoms in total. The SMILES string of the molecule is CN1C(=O)C(C)(CC(N)=O)c2cc(F)ccc21. The first-order valence-corrected chi connectivity index (χ1v) is 5.23. The molecule has 1 unspecified atom stereocenters. The summed E-state index contributed by atoms with van der Waals surface area (Å²) in [5.74, 6) is -1.24. The average molecular weight is 236 g/mol. The van der Waals surface area contributed by atoms with Crippen molar-refractivity contribution in [2.45, 2.75) is 18.8 Å². The zero-order chi connectivity index (χ0) is 12.8. The first-order chi connectivity index (χ1) is 7.86. The summed E-state index contributed by atoms with van der Waals surface area (Å²) in [5.41, 5.74) is 5.24. The van der Waals surface area contributed by atoms with Crippen molar-refractivity contribution < 1.29 is 14.0 Å². The predicted octanol–water partition coefficient (Wildman–Crippen LogP) is 0.935. The Kier molecular flexibility index (Phi) is 2.41. The van der Waals surface area contributed by atoms with Gasteiger partial charge in [-0.05, 0) is 30.7 Å². The maximum absolute atomic E-state index is 13.3. The van der Waals surface area contributed by atoms with Crippen LogP contribution in [0, 0.1) is 5.82 Å². The van der Waals surface area contributed by atoms with Crippen LogP contribution in [-0.4, -0.2) is 18.9 Å². The van der Waals surface area contributed by atoms with Crippen LogP contribution < -0.4 is 10.6 Å². The highest BCUT2D eigenvalue weighted by molar-refractivity contribution is 6.09. The second kappa shape index (κ2) is 3.55. The monoisotopic (exact) mass is 236 g/mol. The molecular weight excluding hydrogens is 223 g/mol. The number of carbonyl (C=O) groups is 2. The zero-order valence-electron chi connectivity index (χ0n) is 9.66. The van der Waals surface area contributed by atoms with Gasteiger partial charge in [-0.3, -0.25) is 9.59 Å². The number of fused-ring (bicyclic) bond motifs is 1. The fraction of sp³-hybridized carbons (Fsp3) is 0.333. The number of hydrogen-bond donors (Lipinski definition) is 1. The highest BCUT2D eigenvalue weighted by atomic mass is 19.1. The van der Waals surface area contributed by atoms with E-state index < -0.39 is 17.1 Å². The molecule has 1 aromatic rings. The lowest BCUT2D eigenvalue weighted by atomic mass is 9.80. The Labute approximate surface area is 98.2 Å². The Bertz CT molecular complexity index is 515. The van der Waals surface area contributed by atoms with Crippen LogP contribution in [0.25, 0.3) is 0 Å². The van der Waals surface area contributed by atoms with Gasteiger partial charge in [-0.15, -0.1) is 0 Å². The van der Waals surface area contributed by atoms with E-state index in [0.29, 0.717) is 11.3 Å². The predicted molar refractivity (Wildman–Crippen MR) is 61.0 cm³/mol. The van der Waals surface area contributed by atoms with Crippen LogP contribution in [0.1, 0.15) is 18.9 Å². The normalized spacial score (nSPS) is 22.8. The quantitative estimate of drug-likeness (QED) is 0.830. The number of anilines is 1. The number of rotatable bonds is 2. The molecule has 0 bridgehead atoms. The van der Waals surface area contributed by atoms with Crippen LogP contribution in [0.4, 0.5) is 10.1 Å². The van der Waals surface area contributed by atoms with E-state index in [1.165, 1.54) is 23.1 Å². The molecular formula is C12H13FN2O2. The summed E-state index contributed by atoms with van der Waals surface area (Å²) in [6, 6.07) is 4.12. The third kappa shape index (κ3) is 1.58. The molecule has 17 heavy (non-hydrogen) atoms. The Morgan fingerprint density at radius 1 is 1.53 bits per heavy atom. The molecule has 0 fully saturated rings. The van der Waals surface area contributed by atoms with Gasteiger partial charge in [0.15, 0.2) is 0 Å². The molecule has 1 aliphatic rings. The Morgan fingerprint density at radius 3 is 2.76 bits per heavy atom. The average Bonchev–Trinajstić information content (AvgIpc) is 2.41. The minimum absolute atomic E-state index is 0.118. The van der Waals surface area contributed by atoms with E-state index >= 15 is 0 Å². The lowest BCUT2D eigenvalue weighted by Gasteiger charge is -2.21. The van der Waals surface area contributed by atoms with Crippen molar-refractivity contribution in [3.8, 4) is 0 Å². The number of nitrogens with two attached hydrogens (primary N) is 1. The highest BCUT2D eigenvalue weighted by Gasteiger charge is 2.47. The number of hydrogen-bond acceptors (Lipinski definition) is 2. The topological polar surface area (TPSA) is 63.4 Å². The van der Waals surface area contributed by atoms with Crippen molar-refractivity contribution in [2.24, 2.45) is 5.73 Å². The largest absolute Gasteiger partial charge is 0.370 e. The van der Waals surface area contributed by atoms with Gasteiger partial charge in [0, 0.05) is 19.2 Å². The number of carbonyl (C=O) groups excluding carboxylic acids is 2. The van der Waals surface area contributed by atoms with E-state index in [0.717, 1.165) is 0 Å². The van der Waals surface area contributed by atoms with Gasteiger partial charge >= 0.3 is 0 Å². The number of nitrogens with zero attached hydrogens (tertiary/aromatic N) is 1. The van der Waals surface area contributed by atoms with Crippen LogP contribution >= 0.6 is 0 Å². The summed E-state index contributed by atoms with van der Waals surface area (Å²) >= 11 is 0. The van der Waals surface area contributed by atoms with Crippen molar-refractivity contribution in [2.75, 3.05) is 11.9 Å². The standard InChI is InChI=1S/C12H13FN2O2/c1-12(6-10(14)16)8-5-7(13)3-4-9(8)15(2)11(12)17/h3-5H,6H2,1-2H3,(H2,14,16). The smallest absolute Gasteiger partial charge is 0.237 e. The van der Waals surface area contributed by atoms with E-state index in [-0.39, 0.29) is 12.3 Å². The van der Waals surface area contributed by atoms with Crippen LogP contribution in [0.3, 0.4) is 0 Å². The molecule has 1 aliphatic heterocycles. The van der Waals surface area contributed by atoms with Crippen molar-refractivity contribution in [3.05, 3.63) is 29.6 Å². The fourth-order valence-corrected chi connectivity index (χ4v) is 2.36. The first-order valence-electron chi connectivity index (χ1n) is 5.23. The van der Waals surface area contributed by atoms with Gasteiger partial charge in [-0.1, -0.05) is 0 Å². The van der Waals surface area contributed by atoms with Crippen LogP contribution in [0.5, 0.6) is 0 Å². The molecule has 0 aromatic heterocycles. The molecule has 0 saturated carbocycles. The van der Waals surface area contributed by atoms with Crippen LogP contribution in [0.15, 0.2) is 18.2 Å². The van der Waals surface area contributed by atoms with E-state index in [9.17, 15) is 14.0 Å². The Hall–Kier alpha value is -1.91. The number of halogens is 1. The van der Waals surface area contributed by atoms with Gasteiger partial charge in [0.1, 0.15) is 5.82 Å². The van der Waals surface area contributed by atoms with E-state index in [4.69, 9.17) is 5.73 Å². The summed E-state index contributed by atoms with van der Waals surface area (Å²) in [4.78, 5) is 24.6. The van der Waals surface area contributed by atoms with E-state index in [2.05, 4.69) is 0 Å². The molecule has 0 aliphatic carbocycles. The third-order valence-corrected chi connectivity index (χ3v) is 3.22. The summed E-state index contributed by atoms with van der Waals surface area (Å²) in [7, 11) is 1.60. The second-order valence-electron chi connectivity index (χ2n) is 4.50. The summed E-state index contributed by atoms with van der Waals surface area (Å²) in [6.07, 6.45) is -0.118. The molecule has 5 heteroatoms. The van der Waals surface area contributed by atoms with E-state index in [1.807, 2.05) is 0 Å². The van der Waals surface area contributed by atoms with Gasteiger partial charge in [0.25, 0.3) is 0 Å². The van der Waals surface area contributed by atoms with E-state index in [1.54, 1.807) is 14.0 Å². The van der Waals surface area contributed by atoms with Gasteiger partial charge in [0.05, 0.1) is 5.41 Å². The molecule has 90 valence electrons. The molecule has 2 rings (SSSR count). The molecule has 2 N–H and O–H groups in total. The molecule has 1 atom stereocenters. The van der Waals surface area contributed by atoms with Gasteiger partial charge in [0.2, 0.25) is 11.8 Å². The number of amides is 2. The summed E-state index contributed by atoms with van der Waals surface area (Å²) in [6.45, 7) is 1.61. The third-order valence-electron chi connectivity index (χ3n) is 3.22. The zero-order valence-corrected chi connectivity index (χ0v) is 9.66. The maximum atomic E-state index is 13.3. The van der Waals surface area contributed by atoms with Crippen molar-refractivity contribution >= 4 is 17.5 Å². The molecule has 1 aromatic carbocycles. The number of benzene rings is 1. The molecule has 0 saturated heterocycles. The molecule has 1 heterocycles. The van der Waals surface area contributed by atoms with Crippen LogP contribution in [-0.2, 0) is 15.0 Å². The lowest BCUT2D eigenvalue weighted by Crippen LogP contribution is -2.39. The second-order valence-corrected chi connectivity index (χ2v) is 4.50.